The van der Waals surface area contributed by atoms with E-state index in [4.69, 9.17) is 4.74 Å². The van der Waals surface area contributed by atoms with Crippen molar-refractivity contribution in [2.75, 3.05) is 25.7 Å². The van der Waals surface area contributed by atoms with E-state index in [9.17, 15) is 8.42 Å². The Morgan fingerprint density at radius 3 is 2.84 bits per heavy atom. The van der Waals surface area contributed by atoms with Crippen LogP contribution in [0.4, 0.5) is 0 Å². The Morgan fingerprint density at radius 2 is 2.37 bits per heavy atom. The van der Waals surface area contributed by atoms with E-state index in [0.29, 0.717) is 12.2 Å². The highest BCUT2D eigenvalue weighted by Gasteiger charge is 2.36. The van der Waals surface area contributed by atoms with Crippen molar-refractivity contribution < 1.29 is 13.2 Å². The molecule has 0 radical (unpaired) electrons. The predicted molar refractivity (Wildman–Crippen MR) is 73.0 cm³/mol. The fourth-order valence-electron chi connectivity index (χ4n) is 2.78. The van der Waals surface area contributed by atoms with Crippen molar-refractivity contribution in [3.8, 4) is 5.75 Å². The Kier molecular flexibility index (Phi) is 4.15. The highest BCUT2D eigenvalue weighted by molar-refractivity contribution is 7.91. The molecule has 0 aliphatic carbocycles. The van der Waals surface area contributed by atoms with Gasteiger partial charge >= 0.3 is 0 Å². The molecule has 0 aromatic carbocycles. The smallest absolute Gasteiger partial charge is 0.161 e. The summed E-state index contributed by atoms with van der Waals surface area (Å²) in [7, 11) is 0.568. The number of methoxy groups -OCH3 is 1. The van der Waals surface area contributed by atoms with E-state index in [1.165, 1.54) is 0 Å². The summed E-state index contributed by atoms with van der Waals surface area (Å²) in [5, 5.41) is 7.51. The van der Waals surface area contributed by atoms with Gasteiger partial charge < -0.3 is 10.1 Å². The minimum Gasteiger partial charge on any atom is -0.493 e. The van der Waals surface area contributed by atoms with Crippen LogP contribution in [-0.4, -0.2) is 43.9 Å². The maximum absolute atomic E-state index is 11.7. The Hall–Kier alpha value is -1.08. The molecule has 0 bridgehead atoms. The first-order chi connectivity index (χ1) is 9.02. The van der Waals surface area contributed by atoms with Gasteiger partial charge in [0.05, 0.1) is 36.5 Å². The summed E-state index contributed by atoms with van der Waals surface area (Å²) in [6, 6.07) is -0.0466. The van der Waals surface area contributed by atoms with E-state index in [1.807, 2.05) is 18.7 Å². The number of hydrogen-bond acceptors (Lipinski definition) is 5. The second-order valence-electron chi connectivity index (χ2n) is 4.84. The molecule has 7 heteroatoms. The first-order valence-corrected chi connectivity index (χ1v) is 8.32. The molecule has 1 aromatic heterocycles. The number of nitrogens with zero attached hydrogens (tertiary/aromatic N) is 2. The first kappa shape index (κ1) is 14.3. The fraction of sp³-hybridized carbons (Fsp3) is 0.750. The SMILES string of the molecule is CCn1ncc(OC)c1C(NC)C1CCS(=O)(=O)C1. The summed E-state index contributed by atoms with van der Waals surface area (Å²) in [6.45, 7) is 2.74. The fourth-order valence-corrected chi connectivity index (χ4v) is 4.62. The van der Waals surface area contributed by atoms with Crippen LogP contribution in [0.2, 0.25) is 0 Å². The number of rotatable bonds is 5. The second kappa shape index (κ2) is 5.50. The molecule has 1 N–H and O–H groups in total. The lowest BCUT2D eigenvalue weighted by Gasteiger charge is -2.23. The zero-order valence-corrected chi connectivity index (χ0v) is 12.4. The van der Waals surface area contributed by atoms with Crippen LogP contribution in [0.25, 0.3) is 0 Å². The number of sulfone groups is 1. The third kappa shape index (κ3) is 2.76. The molecule has 1 aliphatic heterocycles. The minimum atomic E-state index is -2.89. The lowest BCUT2D eigenvalue weighted by atomic mass is 9.96. The third-order valence-corrected chi connectivity index (χ3v) is 5.50. The van der Waals surface area contributed by atoms with Crippen LogP contribution < -0.4 is 10.1 Å². The zero-order chi connectivity index (χ0) is 14.0. The Balaban J connectivity index is 2.34. The normalized spacial score (nSPS) is 23.4. The van der Waals surface area contributed by atoms with Crippen molar-refractivity contribution in [2.45, 2.75) is 25.9 Å². The largest absolute Gasteiger partial charge is 0.493 e. The van der Waals surface area contributed by atoms with Gasteiger partial charge in [-0.3, -0.25) is 4.68 Å². The molecular weight excluding hydrogens is 266 g/mol. The number of aryl methyl sites for hydroxylation is 1. The molecule has 0 amide bonds. The van der Waals surface area contributed by atoms with Crippen LogP contribution >= 0.6 is 0 Å². The molecule has 108 valence electrons. The van der Waals surface area contributed by atoms with Gasteiger partial charge in [-0.05, 0) is 26.3 Å². The number of aromatic nitrogens is 2. The Morgan fingerprint density at radius 1 is 1.63 bits per heavy atom. The van der Waals surface area contributed by atoms with Crippen LogP contribution in [0.3, 0.4) is 0 Å². The molecule has 2 unspecified atom stereocenters. The van der Waals surface area contributed by atoms with Crippen LogP contribution in [0.5, 0.6) is 5.75 Å². The van der Waals surface area contributed by atoms with Gasteiger partial charge in [0.1, 0.15) is 0 Å². The van der Waals surface area contributed by atoms with E-state index in [0.717, 1.165) is 12.2 Å². The molecule has 1 saturated heterocycles. The van der Waals surface area contributed by atoms with Crippen molar-refractivity contribution in [1.82, 2.24) is 15.1 Å². The third-order valence-electron chi connectivity index (χ3n) is 3.71. The van der Waals surface area contributed by atoms with Gasteiger partial charge in [0.25, 0.3) is 0 Å². The summed E-state index contributed by atoms with van der Waals surface area (Å²) >= 11 is 0. The molecule has 19 heavy (non-hydrogen) atoms. The van der Waals surface area contributed by atoms with Gasteiger partial charge in [0.2, 0.25) is 0 Å². The molecule has 1 fully saturated rings. The van der Waals surface area contributed by atoms with Crippen molar-refractivity contribution in [3.05, 3.63) is 11.9 Å². The predicted octanol–water partition coefficient (Wildman–Crippen LogP) is 0.607. The summed E-state index contributed by atoms with van der Waals surface area (Å²) in [5.41, 5.74) is 0.939. The minimum absolute atomic E-state index is 0.0466. The second-order valence-corrected chi connectivity index (χ2v) is 7.07. The molecule has 2 rings (SSSR count). The van der Waals surface area contributed by atoms with Gasteiger partial charge in [-0.25, -0.2) is 8.42 Å². The molecule has 0 saturated carbocycles. The molecule has 1 aromatic rings. The maximum atomic E-state index is 11.7. The Labute approximate surface area is 114 Å². The van der Waals surface area contributed by atoms with Crippen molar-refractivity contribution in [1.29, 1.82) is 0 Å². The van der Waals surface area contributed by atoms with Crippen LogP contribution in [0, 0.1) is 5.92 Å². The molecule has 2 atom stereocenters. The number of hydrogen-bond donors (Lipinski definition) is 1. The summed E-state index contributed by atoms with van der Waals surface area (Å²) < 4.78 is 30.5. The summed E-state index contributed by atoms with van der Waals surface area (Å²) in [6.07, 6.45) is 2.37. The van der Waals surface area contributed by atoms with Crippen molar-refractivity contribution >= 4 is 9.84 Å². The first-order valence-electron chi connectivity index (χ1n) is 6.49. The quantitative estimate of drug-likeness (QED) is 0.859. The van der Waals surface area contributed by atoms with Gasteiger partial charge in [-0.2, -0.15) is 5.10 Å². The highest BCUT2D eigenvalue weighted by atomic mass is 32.2. The highest BCUT2D eigenvalue weighted by Crippen LogP contribution is 2.35. The maximum Gasteiger partial charge on any atom is 0.161 e. The van der Waals surface area contributed by atoms with Crippen LogP contribution in [0.15, 0.2) is 6.20 Å². The lowest BCUT2D eigenvalue weighted by Crippen LogP contribution is -2.29. The standard InChI is InChI=1S/C12H21N3O3S/c1-4-15-12(10(18-3)7-14-15)11(13-2)9-5-6-19(16,17)8-9/h7,9,11,13H,4-6,8H2,1-3H3. The average Bonchev–Trinajstić information content (AvgIpc) is 2.94. The van der Waals surface area contributed by atoms with E-state index in [-0.39, 0.29) is 23.5 Å². The average molecular weight is 287 g/mol. The molecule has 0 spiro atoms. The van der Waals surface area contributed by atoms with E-state index >= 15 is 0 Å². The lowest BCUT2D eigenvalue weighted by molar-refractivity contribution is 0.356. The van der Waals surface area contributed by atoms with Crippen molar-refractivity contribution in [3.63, 3.8) is 0 Å². The van der Waals surface area contributed by atoms with Crippen LogP contribution in [0.1, 0.15) is 25.1 Å². The monoisotopic (exact) mass is 287 g/mol. The molecule has 1 aliphatic rings. The molecule has 2 heterocycles. The van der Waals surface area contributed by atoms with Crippen molar-refractivity contribution in [2.24, 2.45) is 5.92 Å². The Bertz CT molecular complexity index is 517. The molecular formula is C12H21N3O3S. The summed E-state index contributed by atoms with van der Waals surface area (Å²) in [5.74, 6) is 1.30. The van der Waals surface area contributed by atoms with E-state index in [1.54, 1.807) is 13.3 Å². The molecule has 6 nitrogen and oxygen atoms in total. The van der Waals surface area contributed by atoms with Gasteiger partial charge in [0, 0.05) is 6.54 Å². The van der Waals surface area contributed by atoms with Gasteiger partial charge in [-0.15, -0.1) is 0 Å². The topological polar surface area (TPSA) is 73.2 Å². The van der Waals surface area contributed by atoms with E-state index in [2.05, 4.69) is 10.4 Å². The van der Waals surface area contributed by atoms with E-state index < -0.39 is 9.84 Å². The number of nitrogens with one attached hydrogen (secondary N) is 1. The van der Waals surface area contributed by atoms with Crippen LogP contribution in [-0.2, 0) is 16.4 Å². The summed E-state index contributed by atoms with van der Waals surface area (Å²) in [4.78, 5) is 0. The van der Waals surface area contributed by atoms with Gasteiger partial charge in [-0.1, -0.05) is 0 Å². The zero-order valence-electron chi connectivity index (χ0n) is 11.6. The number of ether oxygens (including phenoxy) is 1. The van der Waals surface area contributed by atoms with Gasteiger partial charge in [0.15, 0.2) is 15.6 Å².